The van der Waals surface area contributed by atoms with Crippen LogP contribution in [-0.4, -0.2) is 64.5 Å². The molecule has 53 heavy (non-hydrogen) atoms. The number of carboxylic acid groups (broad SMARTS) is 1. The number of nitrogens with zero attached hydrogens (tertiary/aromatic N) is 2. The SMILES string of the molecule is CCn1c(N)c(N)c(=O)[nH]c1=O.CCn1c(N)c(NC(=O)C#Cc2ccc(OC)c(OC)c2)c(=O)[nH]c1=O.COc1ccc(C#CC(=O)O)cc1OC. The molecule has 0 fully saturated rings. The minimum atomic E-state index is -1.16. The van der Waals surface area contributed by atoms with Gasteiger partial charge in [-0.15, -0.1) is 0 Å². The molecule has 19 nitrogen and oxygen atoms in total. The zero-order valence-electron chi connectivity index (χ0n) is 29.5. The molecule has 2 aromatic heterocycles. The fourth-order valence-corrected chi connectivity index (χ4v) is 4.17. The number of benzene rings is 2. The van der Waals surface area contributed by atoms with Crippen molar-refractivity contribution >= 4 is 34.9 Å². The molecule has 0 spiro atoms. The number of amides is 1. The number of carboxylic acids is 1. The quantitative estimate of drug-likeness (QED) is 0.123. The van der Waals surface area contributed by atoms with Gasteiger partial charge in [0.15, 0.2) is 23.0 Å². The Morgan fingerprint density at radius 2 is 1.13 bits per heavy atom. The van der Waals surface area contributed by atoms with Crippen molar-refractivity contribution in [2.45, 2.75) is 26.9 Å². The van der Waals surface area contributed by atoms with Gasteiger partial charge in [-0.25, -0.2) is 14.4 Å². The molecule has 4 aromatic rings. The number of carbonyl (C=O) groups is 2. The number of carbonyl (C=O) groups excluding carboxylic acids is 1. The molecule has 0 atom stereocenters. The van der Waals surface area contributed by atoms with Gasteiger partial charge in [0, 0.05) is 36.1 Å². The highest BCUT2D eigenvalue weighted by Crippen LogP contribution is 2.28. The Morgan fingerprint density at radius 1 is 0.698 bits per heavy atom. The summed E-state index contributed by atoms with van der Waals surface area (Å²) in [6.45, 7) is 4.03. The van der Waals surface area contributed by atoms with E-state index in [9.17, 15) is 28.8 Å². The number of ether oxygens (including phenoxy) is 4. The molecule has 280 valence electrons. The summed E-state index contributed by atoms with van der Waals surface area (Å²) >= 11 is 0. The number of aromatic nitrogens is 4. The third-order valence-electron chi connectivity index (χ3n) is 6.79. The molecular weight excluding hydrogens is 696 g/mol. The summed E-state index contributed by atoms with van der Waals surface area (Å²) in [6, 6.07) is 9.87. The molecule has 0 aliphatic rings. The first-order valence-corrected chi connectivity index (χ1v) is 15.2. The third-order valence-corrected chi connectivity index (χ3v) is 6.79. The van der Waals surface area contributed by atoms with E-state index in [0.29, 0.717) is 40.7 Å². The van der Waals surface area contributed by atoms with Crippen LogP contribution in [0.1, 0.15) is 25.0 Å². The van der Waals surface area contributed by atoms with E-state index in [1.807, 2.05) is 10.9 Å². The van der Waals surface area contributed by atoms with Crippen LogP contribution in [0, 0.1) is 23.7 Å². The standard InChI is InChI=1S/C17H18N4O5.C11H10O4.C6H10N4O2/c1-4-21-15(18)14(16(23)20-17(21)24)19-13(22)8-6-10-5-7-11(25-2)12(9-10)26-3;1-14-9-5-3-8(4-6-11(12)13)7-10(9)15-2;1-2-10-4(8)3(7)5(11)9-6(10)12/h5,7,9H,4,18H2,1-3H3,(H,19,22)(H,20,23,24);3,5,7H,1-2H3,(H,12,13);2,7-8H2,1H3,(H,9,11,12). The molecule has 4 rings (SSSR count). The maximum absolute atomic E-state index is 12.0. The number of rotatable bonds is 7. The first-order chi connectivity index (χ1) is 25.1. The van der Waals surface area contributed by atoms with Crippen molar-refractivity contribution in [2.24, 2.45) is 0 Å². The first kappa shape index (κ1) is 41.6. The summed E-state index contributed by atoms with van der Waals surface area (Å²) in [6.07, 6.45) is 0. The fraction of sp³-hybridized carbons (Fsp3) is 0.235. The largest absolute Gasteiger partial charge is 0.493 e. The van der Waals surface area contributed by atoms with Gasteiger partial charge in [-0.1, -0.05) is 11.8 Å². The number of H-pyrrole nitrogens is 2. The molecular formula is C34H38N8O11. The molecule has 10 N–H and O–H groups in total. The van der Waals surface area contributed by atoms with E-state index in [1.54, 1.807) is 50.2 Å². The number of hydrogen-bond donors (Lipinski definition) is 7. The monoisotopic (exact) mass is 734 g/mol. The lowest BCUT2D eigenvalue weighted by Crippen LogP contribution is -2.34. The predicted molar refractivity (Wildman–Crippen MR) is 196 cm³/mol. The average molecular weight is 735 g/mol. The van der Waals surface area contributed by atoms with E-state index in [-0.39, 0.29) is 29.6 Å². The number of anilines is 4. The Bertz CT molecular complexity index is 2340. The molecule has 0 unspecified atom stereocenters. The number of nitrogens with one attached hydrogen (secondary N) is 3. The smallest absolute Gasteiger partial charge is 0.382 e. The zero-order chi connectivity index (χ0) is 39.8. The topological polar surface area (TPSA) is 291 Å². The van der Waals surface area contributed by atoms with Crippen LogP contribution >= 0.6 is 0 Å². The van der Waals surface area contributed by atoms with Gasteiger partial charge >= 0.3 is 23.3 Å². The van der Waals surface area contributed by atoms with Crippen LogP contribution in [0.25, 0.3) is 0 Å². The van der Waals surface area contributed by atoms with Crippen LogP contribution in [0.2, 0.25) is 0 Å². The Morgan fingerprint density at radius 3 is 1.57 bits per heavy atom. The molecule has 0 aliphatic carbocycles. The highest BCUT2D eigenvalue weighted by Gasteiger charge is 2.13. The van der Waals surface area contributed by atoms with Crippen molar-refractivity contribution in [3.63, 3.8) is 0 Å². The molecule has 1 amide bonds. The van der Waals surface area contributed by atoms with Crippen molar-refractivity contribution in [2.75, 3.05) is 51.0 Å². The zero-order valence-corrected chi connectivity index (χ0v) is 29.5. The number of aromatic amines is 2. The summed E-state index contributed by atoms with van der Waals surface area (Å²) in [4.78, 5) is 71.7. The van der Waals surface area contributed by atoms with E-state index >= 15 is 0 Å². The molecule has 2 aromatic carbocycles. The second kappa shape index (κ2) is 19.6. The van der Waals surface area contributed by atoms with Gasteiger partial charge in [-0.3, -0.25) is 33.5 Å². The molecule has 0 bridgehead atoms. The summed E-state index contributed by atoms with van der Waals surface area (Å²) < 4.78 is 22.7. The number of aliphatic carboxylic acids is 1. The second-order valence-electron chi connectivity index (χ2n) is 9.97. The summed E-state index contributed by atoms with van der Waals surface area (Å²) in [5, 5.41) is 10.7. The molecule has 0 radical (unpaired) electrons. The second-order valence-corrected chi connectivity index (χ2v) is 9.97. The van der Waals surface area contributed by atoms with Gasteiger partial charge in [0.1, 0.15) is 23.0 Å². The van der Waals surface area contributed by atoms with Crippen LogP contribution in [0.3, 0.4) is 0 Å². The van der Waals surface area contributed by atoms with E-state index in [2.05, 4.69) is 28.1 Å². The van der Waals surface area contributed by atoms with Gasteiger partial charge in [0.2, 0.25) is 0 Å². The van der Waals surface area contributed by atoms with Crippen LogP contribution in [-0.2, 0) is 22.7 Å². The maximum Gasteiger partial charge on any atom is 0.382 e. The molecule has 2 heterocycles. The maximum atomic E-state index is 12.0. The summed E-state index contributed by atoms with van der Waals surface area (Å²) in [5.74, 6) is 9.58. The van der Waals surface area contributed by atoms with Crippen LogP contribution < -0.4 is 64.0 Å². The molecule has 0 saturated carbocycles. The normalized spacial score (nSPS) is 9.55. The van der Waals surface area contributed by atoms with Gasteiger partial charge in [0.25, 0.3) is 11.1 Å². The number of methoxy groups -OCH3 is 4. The van der Waals surface area contributed by atoms with E-state index < -0.39 is 34.4 Å². The van der Waals surface area contributed by atoms with Crippen molar-refractivity contribution in [3.8, 4) is 46.7 Å². The number of hydrogen-bond acceptors (Lipinski definition) is 13. The van der Waals surface area contributed by atoms with Crippen molar-refractivity contribution in [1.29, 1.82) is 0 Å². The van der Waals surface area contributed by atoms with Crippen LogP contribution in [0.5, 0.6) is 23.0 Å². The number of nitrogens with two attached hydrogens (primary N) is 3. The lowest BCUT2D eigenvalue weighted by Gasteiger charge is -2.10. The van der Waals surface area contributed by atoms with E-state index in [1.165, 1.54) is 33.0 Å². The van der Waals surface area contributed by atoms with Crippen molar-refractivity contribution < 1.29 is 33.6 Å². The molecule has 0 saturated heterocycles. The predicted octanol–water partition coefficient (Wildman–Crippen LogP) is 0.00690. The van der Waals surface area contributed by atoms with Crippen LogP contribution in [0.15, 0.2) is 55.6 Å². The first-order valence-electron chi connectivity index (χ1n) is 15.2. The van der Waals surface area contributed by atoms with E-state index in [0.717, 1.165) is 4.57 Å². The summed E-state index contributed by atoms with van der Waals surface area (Å²) in [7, 11) is 6.03. The highest BCUT2D eigenvalue weighted by atomic mass is 16.5. The summed E-state index contributed by atoms with van der Waals surface area (Å²) in [5.41, 5.74) is 14.6. The minimum Gasteiger partial charge on any atom is -0.493 e. The van der Waals surface area contributed by atoms with Crippen molar-refractivity contribution in [3.05, 3.63) is 89.2 Å². The van der Waals surface area contributed by atoms with Gasteiger partial charge in [0.05, 0.1) is 28.4 Å². The molecule has 19 heteroatoms. The van der Waals surface area contributed by atoms with Gasteiger partial charge < -0.3 is 46.6 Å². The molecule has 0 aliphatic heterocycles. The minimum absolute atomic E-state index is 0.0197. The van der Waals surface area contributed by atoms with Crippen LogP contribution in [0.4, 0.5) is 23.0 Å². The third kappa shape index (κ3) is 11.2. The Kier molecular flexibility index (Phi) is 15.4. The average Bonchev–Trinajstić information content (AvgIpc) is 3.14. The van der Waals surface area contributed by atoms with Gasteiger partial charge in [-0.05, 0) is 50.2 Å². The van der Waals surface area contributed by atoms with E-state index in [4.69, 9.17) is 41.3 Å². The Labute approximate surface area is 301 Å². The number of nitrogen functional groups attached to an aromatic ring is 3. The van der Waals surface area contributed by atoms with Crippen molar-refractivity contribution in [1.82, 2.24) is 19.1 Å². The lowest BCUT2D eigenvalue weighted by atomic mass is 10.2. The Hall–Kier alpha value is -7.54. The lowest BCUT2D eigenvalue weighted by molar-refractivity contribution is -0.130. The van der Waals surface area contributed by atoms with Gasteiger partial charge in [-0.2, -0.15) is 0 Å². The Balaban J connectivity index is 0.000000304. The highest BCUT2D eigenvalue weighted by molar-refractivity contribution is 6.05. The fourth-order valence-electron chi connectivity index (χ4n) is 4.17.